The third kappa shape index (κ3) is 5.94. The van der Waals surface area contributed by atoms with Crippen molar-refractivity contribution in [2.45, 2.75) is 45.4 Å². The van der Waals surface area contributed by atoms with Crippen LogP contribution in [-0.2, 0) is 18.3 Å². The summed E-state index contributed by atoms with van der Waals surface area (Å²) in [5.41, 5.74) is 1.30. The Bertz CT molecular complexity index is 1170. The quantitative estimate of drug-likeness (QED) is 0.491. The number of rotatable bonds is 6. The molecule has 0 saturated carbocycles. The molecule has 0 aliphatic heterocycles. The number of carbonyl (C=O) groups excluding carboxylic acids is 1. The number of alkyl halides is 3. The Morgan fingerprint density at radius 3 is 2.41 bits per heavy atom. The predicted molar refractivity (Wildman–Crippen MR) is 116 cm³/mol. The summed E-state index contributed by atoms with van der Waals surface area (Å²) in [4.78, 5) is 21.0. The molecule has 1 unspecified atom stereocenters. The summed E-state index contributed by atoms with van der Waals surface area (Å²) < 4.78 is 48.3. The number of pyridine rings is 1. The average molecular weight is 482 g/mol. The topological polar surface area (TPSA) is 119 Å². The molecule has 0 radical (unpaired) electrons. The van der Waals surface area contributed by atoms with Crippen LogP contribution in [-0.4, -0.2) is 49.4 Å². The third-order valence-corrected chi connectivity index (χ3v) is 4.64. The summed E-state index contributed by atoms with van der Waals surface area (Å²) >= 11 is 0. The van der Waals surface area contributed by atoms with E-state index < -0.39 is 36.5 Å². The number of aliphatic hydroxyl groups is 2. The van der Waals surface area contributed by atoms with E-state index in [1.54, 1.807) is 32.4 Å². The number of fused-ring (bicyclic) bond motifs is 1. The number of aromatic nitrogens is 3. The minimum Gasteiger partial charge on any atom is -0.444 e. The highest BCUT2D eigenvalue weighted by Crippen LogP contribution is 2.34. The van der Waals surface area contributed by atoms with E-state index in [0.717, 1.165) is 12.1 Å². The van der Waals surface area contributed by atoms with E-state index in [2.05, 4.69) is 20.0 Å². The van der Waals surface area contributed by atoms with Gasteiger partial charge >= 0.3 is 12.5 Å². The van der Waals surface area contributed by atoms with Crippen molar-refractivity contribution >= 4 is 17.1 Å². The van der Waals surface area contributed by atoms with Gasteiger partial charge in [0.1, 0.15) is 23.0 Å². The standard InChI is InChI=1S/C22H25F3N4O5/c1-21(2,3)34-20(32)26-9-14-16(15(31)10-30)19-18(27-11-29(19)4)17(28-14)12-5-7-13(8-6-12)33-22(23,24)25/h5-8,11,15,30-31H,9-10H2,1-4H3,(H,26,32). The smallest absolute Gasteiger partial charge is 0.444 e. The number of aliphatic hydroxyl groups excluding tert-OH is 2. The third-order valence-electron chi connectivity index (χ3n) is 4.64. The molecule has 0 saturated heterocycles. The van der Waals surface area contributed by atoms with E-state index >= 15 is 0 Å². The number of aryl methyl sites for hydroxylation is 1. The first kappa shape index (κ1) is 25.2. The summed E-state index contributed by atoms with van der Waals surface area (Å²) in [7, 11) is 1.68. The summed E-state index contributed by atoms with van der Waals surface area (Å²) in [6, 6.07) is 5.08. The van der Waals surface area contributed by atoms with E-state index in [1.165, 1.54) is 18.5 Å². The number of halogens is 3. The van der Waals surface area contributed by atoms with Gasteiger partial charge in [0.2, 0.25) is 0 Å². The highest BCUT2D eigenvalue weighted by atomic mass is 19.4. The van der Waals surface area contributed by atoms with Gasteiger partial charge in [-0.1, -0.05) is 0 Å². The fourth-order valence-corrected chi connectivity index (χ4v) is 3.37. The van der Waals surface area contributed by atoms with Gasteiger partial charge in [-0.2, -0.15) is 0 Å². The Balaban J connectivity index is 2.08. The summed E-state index contributed by atoms with van der Waals surface area (Å²) in [6.45, 7) is 4.36. The molecule has 12 heteroatoms. The van der Waals surface area contributed by atoms with Gasteiger partial charge in [0, 0.05) is 18.2 Å². The minimum absolute atomic E-state index is 0.148. The van der Waals surface area contributed by atoms with Gasteiger partial charge < -0.3 is 29.6 Å². The molecule has 184 valence electrons. The van der Waals surface area contributed by atoms with Gasteiger partial charge in [0.25, 0.3) is 0 Å². The number of hydrogen-bond acceptors (Lipinski definition) is 7. The second-order valence-corrected chi connectivity index (χ2v) is 8.50. The minimum atomic E-state index is -4.82. The van der Waals surface area contributed by atoms with Crippen molar-refractivity contribution in [3.63, 3.8) is 0 Å². The first-order valence-electron chi connectivity index (χ1n) is 10.2. The van der Waals surface area contributed by atoms with Crippen molar-refractivity contribution < 1.29 is 37.7 Å². The number of nitrogens with zero attached hydrogens (tertiary/aromatic N) is 3. The Hall–Kier alpha value is -3.38. The SMILES string of the molecule is Cn1cnc2c(-c3ccc(OC(F)(F)F)cc3)nc(CNC(=O)OC(C)(C)C)c(C(O)CO)c21. The molecule has 1 amide bonds. The fraction of sp³-hybridized carbons (Fsp3) is 0.409. The van der Waals surface area contributed by atoms with Crippen molar-refractivity contribution in [3.8, 4) is 17.0 Å². The van der Waals surface area contributed by atoms with Crippen molar-refractivity contribution in [2.24, 2.45) is 7.05 Å². The molecule has 0 fully saturated rings. The summed E-state index contributed by atoms with van der Waals surface area (Å²) in [5.74, 6) is -0.396. The zero-order chi connectivity index (χ0) is 25.3. The van der Waals surface area contributed by atoms with Gasteiger partial charge in [-0.3, -0.25) is 0 Å². The molecule has 9 nitrogen and oxygen atoms in total. The van der Waals surface area contributed by atoms with Crippen LogP contribution >= 0.6 is 0 Å². The zero-order valence-corrected chi connectivity index (χ0v) is 19.0. The molecule has 2 heterocycles. The molecular weight excluding hydrogens is 457 g/mol. The maximum absolute atomic E-state index is 12.5. The molecule has 0 spiro atoms. The monoisotopic (exact) mass is 482 g/mol. The van der Waals surface area contributed by atoms with Crippen LogP contribution < -0.4 is 10.1 Å². The van der Waals surface area contributed by atoms with Crippen LogP contribution in [0.15, 0.2) is 30.6 Å². The van der Waals surface area contributed by atoms with Crippen LogP contribution in [0, 0.1) is 0 Å². The summed E-state index contributed by atoms with van der Waals surface area (Å²) in [5, 5.41) is 22.7. The highest BCUT2D eigenvalue weighted by molar-refractivity contribution is 5.92. The predicted octanol–water partition coefficient (Wildman–Crippen LogP) is 3.58. The lowest BCUT2D eigenvalue weighted by molar-refractivity contribution is -0.274. The largest absolute Gasteiger partial charge is 0.573 e. The van der Waals surface area contributed by atoms with Gasteiger partial charge in [-0.25, -0.2) is 14.8 Å². The zero-order valence-electron chi connectivity index (χ0n) is 19.0. The lowest BCUT2D eigenvalue weighted by Crippen LogP contribution is -2.32. The Labute approximate surface area is 193 Å². The Morgan fingerprint density at radius 2 is 1.85 bits per heavy atom. The molecule has 0 aliphatic carbocycles. The number of alkyl carbamates (subject to hydrolysis) is 1. The molecule has 3 aromatic rings. The van der Waals surface area contributed by atoms with Crippen molar-refractivity contribution in [3.05, 3.63) is 41.9 Å². The lowest BCUT2D eigenvalue weighted by atomic mass is 10.0. The van der Waals surface area contributed by atoms with Crippen molar-refractivity contribution in [2.75, 3.05) is 6.61 Å². The molecule has 34 heavy (non-hydrogen) atoms. The fourth-order valence-electron chi connectivity index (χ4n) is 3.37. The summed E-state index contributed by atoms with van der Waals surface area (Å²) in [6.07, 6.45) is -5.37. The van der Waals surface area contributed by atoms with E-state index in [4.69, 9.17) is 4.74 Å². The van der Waals surface area contributed by atoms with E-state index in [1.807, 2.05) is 0 Å². The molecular formula is C22H25F3N4O5. The first-order chi connectivity index (χ1) is 15.8. The second kappa shape index (κ2) is 9.47. The molecule has 0 aliphatic rings. The van der Waals surface area contributed by atoms with Crippen LogP contribution in [0.3, 0.4) is 0 Å². The molecule has 1 atom stereocenters. The Kier molecular flexibility index (Phi) is 7.03. The van der Waals surface area contributed by atoms with Crippen LogP contribution in [0.25, 0.3) is 22.3 Å². The maximum Gasteiger partial charge on any atom is 0.573 e. The molecule has 3 N–H and O–H groups in total. The second-order valence-electron chi connectivity index (χ2n) is 8.50. The first-order valence-corrected chi connectivity index (χ1v) is 10.2. The van der Waals surface area contributed by atoms with E-state index in [-0.39, 0.29) is 17.8 Å². The normalized spacial score (nSPS) is 13.1. The molecule has 1 aromatic carbocycles. The van der Waals surface area contributed by atoms with Gasteiger partial charge in [0.15, 0.2) is 0 Å². The van der Waals surface area contributed by atoms with Crippen LogP contribution in [0.5, 0.6) is 5.75 Å². The van der Waals surface area contributed by atoms with Gasteiger partial charge in [-0.15, -0.1) is 13.2 Å². The van der Waals surface area contributed by atoms with Crippen LogP contribution in [0.1, 0.15) is 38.1 Å². The number of carbonyl (C=O) groups is 1. The van der Waals surface area contributed by atoms with Crippen molar-refractivity contribution in [1.82, 2.24) is 19.9 Å². The lowest BCUT2D eigenvalue weighted by Gasteiger charge is -2.21. The molecule has 0 bridgehead atoms. The maximum atomic E-state index is 12.5. The van der Waals surface area contributed by atoms with Gasteiger partial charge in [0.05, 0.1) is 36.4 Å². The van der Waals surface area contributed by atoms with Crippen molar-refractivity contribution in [1.29, 1.82) is 0 Å². The van der Waals surface area contributed by atoms with Crippen LogP contribution in [0.4, 0.5) is 18.0 Å². The van der Waals surface area contributed by atoms with Crippen LogP contribution in [0.2, 0.25) is 0 Å². The van der Waals surface area contributed by atoms with E-state index in [9.17, 15) is 28.2 Å². The molecule has 2 aromatic heterocycles. The molecule has 3 rings (SSSR count). The number of benzene rings is 1. The highest BCUT2D eigenvalue weighted by Gasteiger charge is 2.31. The number of amides is 1. The number of hydrogen-bond donors (Lipinski definition) is 3. The average Bonchev–Trinajstić information content (AvgIpc) is 3.10. The Morgan fingerprint density at radius 1 is 1.21 bits per heavy atom. The number of ether oxygens (including phenoxy) is 2. The van der Waals surface area contributed by atoms with E-state index in [0.29, 0.717) is 22.3 Å². The van der Waals surface area contributed by atoms with Gasteiger partial charge in [-0.05, 0) is 45.0 Å². The number of nitrogens with one attached hydrogen (secondary N) is 1. The number of imidazole rings is 1.